The van der Waals surface area contributed by atoms with E-state index < -0.39 is 24.3 Å². The van der Waals surface area contributed by atoms with Crippen molar-refractivity contribution in [1.29, 1.82) is 0 Å². The van der Waals surface area contributed by atoms with Crippen LogP contribution in [-0.4, -0.2) is 56.5 Å². The molecule has 2 aromatic rings. The Balaban J connectivity index is 1.94. The van der Waals surface area contributed by atoms with E-state index in [1.54, 1.807) is 16.4 Å². The Morgan fingerprint density at radius 1 is 1.47 bits per heavy atom. The number of anilines is 1. The lowest BCUT2D eigenvalue weighted by Gasteiger charge is -2.36. The minimum absolute atomic E-state index is 0.0691. The van der Waals surface area contributed by atoms with E-state index in [1.807, 2.05) is 0 Å². The Bertz CT molecular complexity index is 1160. The third-order valence-electron chi connectivity index (χ3n) is 4.76. The standard InChI is InChI=1S/C17H19F3N6O3S/c1-3-4-6-26-11-12(23-16(30)24(2)13(11)27)22-15(26)25-7-5-10(9(21)8-25)29-14(28)17(18,19)20/h9-10H,5-8,21H2,1-2H3,(H,23,30). The number of carbonyl (C=O) groups is 1. The van der Waals surface area contributed by atoms with Crippen molar-refractivity contribution >= 4 is 35.3 Å². The number of alkyl halides is 3. The molecule has 0 saturated carbocycles. The Morgan fingerprint density at radius 3 is 2.77 bits per heavy atom. The Labute approximate surface area is 173 Å². The molecule has 0 bridgehead atoms. The van der Waals surface area contributed by atoms with E-state index in [2.05, 4.69) is 26.5 Å². The van der Waals surface area contributed by atoms with Crippen molar-refractivity contribution in [3.05, 3.63) is 15.1 Å². The Kier molecular flexibility index (Phi) is 5.91. The molecule has 1 fully saturated rings. The van der Waals surface area contributed by atoms with Crippen LogP contribution in [0.5, 0.6) is 0 Å². The number of rotatable bonds is 3. The van der Waals surface area contributed by atoms with Crippen LogP contribution in [0.2, 0.25) is 0 Å². The number of aromatic nitrogens is 4. The highest BCUT2D eigenvalue weighted by Gasteiger charge is 2.44. The average molecular weight is 444 g/mol. The molecule has 1 saturated heterocycles. The van der Waals surface area contributed by atoms with Crippen LogP contribution in [0.4, 0.5) is 19.1 Å². The lowest BCUT2D eigenvalue weighted by Crippen LogP contribution is -2.54. The molecule has 3 N–H and O–H groups in total. The van der Waals surface area contributed by atoms with Crippen LogP contribution in [0.3, 0.4) is 0 Å². The zero-order chi connectivity index (χ0) is 22.2. The summed E-state index contributed by atoms with van der Waals surface area (Å²) in [6, 6.07) is -0.878. The van der Waals surface area contributed by atoms with E-state index in [0.717, 1.165) is 0 Å². The zero-order valence-electron chi connectivity index (χ0n) is 16.1. The molecule has 0 radical (unpaired) electrons. The molecule has 1 aliphatic rings. The topological polar surface area (TPSA) is 111 Å². The summed E-state index contributed by atoms with van der Waals surface area (Å²) in [4.78, 5) is 32.9. The number of fused-ring (bicyclic) bond motifs is 1. The fourth-order valence-corrected chi connectivity index (χ4v) is 3.40. The first-order valence-electron chi connectivity index (χ1n) is 8.92. The fraction of sp³-hybridized carbons (Fsp3) is 0.529. The van der Waals surface area contributed by atoms with Gasteiger partial charge in [-0.2, -0.15) is 18.2 Å². The minimum atomic E-state index is -5.08. The predicted molar refractivity (Wildman–Crippen MR) is 104 cm³/mol. The van der Waals surface area contributed by atoms with Crippen molar-refractivity contribution in [3.63, 3.8) is 0 Å². The summed E-state index contributed by atoms with van der Waals surface area (Å²) < 4.78 is 45.0. The highest BCUT2D eigenvalue weighted by Crippen LogP contribution is 2.25. The second kappa shape index (κ2) is 8.11. The van der Waals surface area contributed by atoms with Crippen LogP contribution in [0.15, 0.2) is 4.79 Å². The number of carbonyl (C=O) groups excluding carboxylic acids is 1. The number of esters is 1. The number of hydrogen-bond acceptors (Lipinski definition) is 7. The number of imidazole rings is 1. The summed E-state index contributed by atoms with van der Waals surface area (Å²) in [6.07, 6.45) is -6.09. The molecule has 2 aromatic heterocycles. The number of nitrogens with zero attached hydrogens (tertiary/aromatic N) is 4. The summed E-state index contributed by atoms with van der Waals surface area (Å²) >= 11 is 5.13. The van der Waals surface area contributed by atoms with Crippen LogP contribution in [0.1, 0.15) is 13.3 Å². The molecular weight excluding hydrogens is 425 g/mol. The number of nitrogens with one attached hydrogen (secondary N) is 1. The van der Waals surface area contributed by atoms with Crippen LogP contribution >= 0.6 is 12.2 Å². The van der Waals surface area contributed by atoms with E-state index in [1.165, 1.54) is 11.6 Å². The smallest absolute Gasteiger partial charge is 0.454 e. The van der Waals surface area contributed by atoms with Crippen molar-refractivity contribution in [2.75, 3.05) is 18.0 Å². The van der Waals surface area contributed by atoms with Crippen molar-refractivity contribution < 1.29 is 22.7 Å². The third-order valence-corrected chi connectivity index (χ3v) is 5.14. The molecule has 0 amide bonds. The maximum atomic E-state index is 12.7. The third kappa shape index (κ3) is 4.05. The molecule has 1 aliphatic heterocycles. The molecule has 0 aromatic carbocycles. The maximum Gasteiger partial charge on any atom is 0.490 e. The SMILES string of the molecule is CC#CCn1c(N2CCC(OC(=O)C(F)(F)F)C(N)C2)nc2[nH]c(=S)n(C)c(=O)c21. The summed E-state index contributed by atoms with van der Waals surface area (Å²) in [7, 11) is 1.53. The monoisotopic (exact) mass is 444 g/mol. The molecule has 9 nitrogen and oxygen atoms in total. The van der Waals surface area contributed by atoms with Gasteiger partial charge in [0, 0.05) is 26.6 Å². The highest BCUT2D eigenvalue weighted by atomic mass is 32.1. The van der Waals surface area contributed by atoms with Gasteiger partial charge in [-0.1, -0.05) is 5.92 Å². The largest absolute Gasteiger partial charge is 0.490 e. The lowest BCUT2D eigenvalue weighted by atomic mass is 10.0. The van der Waals surface area contributed by atoms with Crippen molar-refractivity contribution in [2.24, 2.45) is 12.8 Å². The van der Waals surface area contributed by atoms with E-state index in [9.17, 15) is 22.8 Å². The molecule has 3 heterocycles. The number of piperidine rings is 1. The van der Waals surface area contributed by atoms with Gasteiger partial charge < -0.3 is 20.4 Å². The van der Waals surface area contributed by atoms with Crippen LogP contribution in [0, 0.1) is 16.6 Å². The average Bonchev–Trinajstić information content (AvgIpc) is 3.03. The Morgan fingerprint density at radius 2 is 2.17 bits per heavy atom. The molecule has 30 heavy (non-hydrogen) atoms. The predicted octanol–water partition coefficient (Wildman–Crippen LogP) is 0.827. The first kappa shape index (κ1) is 21.8. The summed E-state index contributed by atoms with van der Waals surface area (Å²) in [5, 5.41) is 0. The van der Waals surface area contributed by atoms with Gasteiger partial charge in [0.1, 0.15) is 6.10 Å². The number of halogens is 3. The maximum absolute atomic E-state index is 12.7. The fourth-order valence-electron chi connectivity index (χ4n) is 3.22. The number of ether oxygens (including phenoxy) is 1. The summed E-state index contributed by atoms with van der Waals surface area (Å²) in [5.41, 5.74) is 6.16. The first-order chi connectivity index (χ1) is 14.0. The van der Waals surface area contributed by atoms with E-state index in [0.29, 0.717) is 5.95 Å². The van der Waals surface area contributed by atoms with Crippen molar-refractivity contribution in [1.82, 2.24) is 19.1 Å². The van der Waals surface area contributed by atoms with E-state index >= 15 is 0 Å². The van der Waals surface area contributed by atoms with Crippen LogP contribution in [-0.2, 0) is 23.1 Å². The van der Waals surface area contributed by atoms with E-state index in [4.69, 9.17) is 18.0 Å². The van der Waals surface area contributed by atoms with Gasteiger partial charge in [-0.05, 0) is 19.1 Å². The molecule has 2 atom stereocenters. The van der Waals surface area contributed by atoms with Gasteiger partial charge in [0.25, 0.3) is 5.56 Å². The van der Waals surface area contributed by atoms with Crippen molar-refractivity contribution in [2.45, 2.75) is 38.2 Å². The molecule has 3 rings (SSSR count). The van der Waals surface area contributed by atoms with Gasteiger partial charge in [0.05, 0.1) is 12.6 Å². The number of H-pyrrole nitrogens is 1. The van der Waals surface area contributed by atoms with Gasteiger partial charge >= 0.3 is 12.1 Å². The first-order valence-corrected chi connectivity index (χ1v) is 9.33. The number of nitrogens with two attached hydrogens (primary N) is 1. The second-order valence-electron chi connectivity index (χ2n) is 6.76. The van der Waals surface area contributed by atoms with Gasteiger partial charge in [-0.15, -0.1) is 5.92 Å². The van der Waals surface area contributed by atoms with Gasteiger partial charge in [-0.3, -0.25) is 13.9 Å². The second-order valence-corrected chi connectivity index (χ2v) is 7.14. The molecule has 0 spiro atoms. The van der Waals surface area contributed by atoms with Gasteiger partial charge in [-0.25, -0.2) is 4.79 Å². The van der Waals surface area contributed by atoms with Crippen LogP contribution < -0.4 is 16.2 Å². The molecule has 162 valence electrons. The van der Waals surface area contributed by atoms with Crippen LogP contribution in [0.25, 0.3) is 11.2 Å². The quantitative estimate of drug-likeness (QED) is 0.410. The minimum Gasteiger partial charge on any atom is -0.454 e. The number of aromatic amines is 1. The molecular formula is C17H19F3N6O3S. The molecule has 13 heteroatoms. The zero-order valence-corrected chi connectivity index (χ0v) is 16.9. The van der Waals surface area contributed by atoms with Gasteiger partial charge in [0.15, 0.2) is 15.9 Å². The normalized spacial score (nSPS) is 19.5. The van der Waals surface area contributed by atoms with Crippen molar-refractivity contribution in [3.8, 4) is 11.8 Å². The highest BCUT2D eigenvalue weighted by molar-refractivity contribution is 7.71. The Hall–Kier alpha value is -2.85. The van der Waals surface area contributed by atoms with E-state index in [-0.39, 0.29) is 47.5 Å². The number of hydrogen-bond donors (Lipinski definition) is 2. The lowest BCUT2D eigenvalue weighted by molar-refractivity contribution is -0.206. The summed E-state index contributed by atoms with van der Waals surface area (Å²) in [6.45, 7) is 2.11. The molecule has 2 unspecified atom stereocenters. The summed E-state index contributed by atoms with van der Waals surface area (Å²) in [5.74, 6) is 3.74. The van der Waals surface area contributed by atoms with Gasteiger partial charge in [0.2, 0.25) is 5.95 Å². The molecule has 0 aliphatic carbocycles.